The third-order valence-electron chi connectivity index (χ3n) is 4.37. The van der Waals surface area contributed by atoms with Crippen LogP contribution in [0.25, 0.3) is 10.9 Å². The van der Waals surface area contributed by atoms with Crippen molar-refractivity contribution < 1.29 is 9.59 Å². The van der Waals surface area contributed by atoms with Crippen LogP contribution in [0.1, 0.15) is 40.9 Å². The van der Waals surface area contributed by atoms with E-state index in [0.717, 1.165) is 29.4 Å². The molecule has 0 spiro atoms. The molecule has 2 atom stereocenters. The largest absolute Gasteiger partial charge is 0.369 e. The van der Waals surface area contributed by atoms with E-state index in [1.807, 2.05) is 19.1 Å². The Kier molecular flexibility index (Phi) is 2.78. The van der Waals surface area contributed by atoms with Crippen molar-refractivity contribution in [3.63, 3.8) is 0 Å². The molecule has 0 fully saturated rings. The molecule has 3 rings (SSSR count). The van der Waals surface area contributed by atoms with Crippen molar-refractivity contribution >= 4 is 22.7 Å². The number of aryl methyl sites for hydroxylation is 1. The number of fused-ring (bicyclic) bond motifs is 3. The lowest BCUT2D eigenvalue weighted by Crippen LogP contribution is -2.31. The Hall–Kier alpha value is -2.30. The maximum atomic E-state index is 11.5. The predicted octanol–water partition coefficient (Wildman–Crippen LogP) is 1.42. The molecule has 2 amide bonds. The first-order chi connectivity index (χ1) is 9.50. The maximum absolute atomic E-state index is 11.5. The van der Waals surface area contributed by atoms with Gasteiger partial charge in [-0.1, -0.05) is 19.1 Å². The summed E-state index contributed by atoms with van der Waals surface area (Å²) in [6.45, 7) is 1.99. The van der Waals surface area contributed by atoms with Gasteiger partial charge >= 0.3 is 0 Å². The topological polar surface area (TPSA) is 102 Å². The SMILES string of the molecule is CC1c2[nH]c3c(C(N)=O)cccc3c2CCC1C(N)=O. The number of hydrogen-bond acceptors (Lipinski definition) is 2. The summed E-state index contributed by atoms with van der Waals surface area (Å²) in [6, 6.07) is 5.53. The van der Waals surface area contributed by atoms with Crippen molar-refractivity contribution in [2.75, 3.05) is 0 Å². The summed E-state index contributed by atoms with van der Waals surface area (Å²) in [5.41, 5.74) is 14.3. The number of aromatic amines is 1. The molecule has 20 heavy (non-hydrogen) atoms. The smallest absolute Gasteiger partial charge is 0.250 e. The van der Waals surface area contributed by atoms with E-state index in [-0.39, 0.29) is 17.7 Å². The van der Waals surface area contributed by atoms with Crippen LogP contribution in [-0.4, -0.2) is 16.8 Å². The Labute approximate surface area is 116 Å². The summed E-state index contributed by atoms with van der Waals surface area (Å²) >= 11 is 0. The van der Waals surface area contributed by atoms with Crippen molar-refractivity contribution in [3.8, 4) is 0 Å². The van der Waals surface area contributed by atoms with Crippen LogP contribution >= 0.6 is 0 Å². The second kappa shape index (κ2) is 4.37. The van der Waals surface area contributed by atoms with E-state index < -0.39 is 5.91 Å². The molecule has 0 bridgehead atoms. The Morgan fingerprint density at radius 2 is 2.05 bits per heavy atom. The number of aromatic nitrogens is 1. The first-order valence-electron chi connectivity index (χ1n) is 6.73. The van der Waals surface area contributed by atoms with Gasteiger partial charge in [0, 0.05) is 22.9 Å². The number of carbonyl (C=O) groups excluding carboxylic acids is 2. The normalized spacial score (nSPS) is 21.6. The highest BCUT2D eigenvalue weighted by atomic mass is 16.1. The number of para-hydroxylation sites is 1. The van der Waals surface area contributed by atoms with Gasteiger partial charge in [-0.15, -0.1) is 0 Å². The number of nitrogens with two attached hydrogens (primary N) is 2. The van der Waals surface area contributed by atoms with Crippen LogP contribution in [0, 0.1) is 5.92 Å². The molecule has 0 aliphatic heterocycles. The molecule has 1 aromatic heterocycles. The van der Waals surface area contributed by atoms with E-state index in [1.165, 1.54) is 5.56 Å². The summed E-state index contributed by atoms with van der Waals surface area (Å²) in [5.74, 6) is -0.845. The fourth-order valence-electron chi connectivity index (χ4n) is 3.30. The zero-order valence-corrected chi connectivity index (χ0v) is 11.3. The minimum Gasteiger partial charge on any atom is -0.369 e. The number of amides is 2. The van der Waals surface area contributed by atoms with Crippen LogP contribution in [0.2, 0.25) is 0 Å². The molecule has 0 saturated carbocycles. The first-order valence-corrected chi connectivity index (χ1v) is 6.73. The standard InChI is InChI=1S/C15H17N3O2/c1-7-8(14(16)19)5-6-10-9-3-2-4-11(15(17)20)13(9)18-12(7)10/h2-4,7-8,18H,5-6H2,1H3,(H2,16,19)(H2,17,20). The molecule has 1 aliphatic rings. The number of rotatable bonds is 2. The summed E-state index contributed by atoms with van der Waals surface area (Å²) < 4.78 is 0. The molecular weight excluding hydrogens is 254 g/mol. The highest BCUT2D eigenvalue weighted by Crippen LogP contribution is 2.39. The van der Waals surface area contributed by atoms with Crippen molar-refractivity contribution in [2.45, 2.75) is 25.7 Å². The fraction of sp³-hybridized carbons (Fsp3) is 0.333. The van der Waals surface area contributed by atoms with E-state index >= 15 is 0 Å². The molecule has 5 N–H and O–H groups in total. The second-order valence-corrected chi connectivity index (χ2v) is 5.45. The Balaban J connectivity index is 2.21. The monoisotopic (exact) mass is 271 g/mol. The predicted molar refractivity (Wildman–Crippen MR) is 76.2 cm³/mol. The Bertz CT molecular complexity index is 717. The molecule has 104 valence electrons. The van der Waals surface area contributed by atoms with Crippen molar-refractivity contribution in [2.24, 2.45) is 17.4 Å². The van der Waals surface area contributed by atoms with Crippen molar-refractivity contribution in [1.29, 1.82) is 0 Å². The zero-order chi connectivity index (χ0) is 14.4. The van der Waals surface area contributed by atoms with Gasteiger partial charge in [0.2, 0.25) is 5.91 Å². The van der Waals surface area contributed by atoms with Crippen LogP contribution in [0.15, 0.2) is 18.2 Å². The highest BCUT2D eigenvalue weighted by Gasteiger charge is 2.32. The van der Waals surface area contributed by atoms with Crippen LogP contribution in [0.5, 0.6) is 0 Å². The number of H-pyrrole nitrogens is 1. The number of hydrogen-bond donors (Lipinski definition) is 3. The average molecular weight is 271 g/mol. The van der Waals surface area contributed by atoms with E-state index in [2.05, 4.69) is 4.98 Å². The van der Waals surface area contributed by atoms with Gasteiger partial charge in [0.1, 0.15) is 0 Å². The van der Waals surface area contributed by atoms with Gasteiger partial charge in [-0.2, -0.15) is 0 Å². The number of nitrogens with one attached hydrogen (secondary N) is 1. The molecule has 0 saturated heterocycles. The molecule has 2 unspecified atom stereocenters. The molecule has 0 radical (unpaired) electrons. The van der Waals surface area contributed by atoms with Crippen molar-refractivity contribution in [1.82, 2.24) is 4.98 Å². The van der Waals surface area contributed by atoms with Gasteiger partial charge < -0.3 is 16.5 Å². The lowest BCUT2D eigenvalue weighted by atomic mass is 9.78. The summed E-state index contributed by atoms with van der Waals surface area (Å²) in [5, 5.41) is 1.02. The molecule has 2 aromatic rings. The van der Waals surface area contributed by atoms with E-state index in [1.54, 1.807) is 6.07 Å². The Morgan fingerprint density at radius 3 is 2.70 bits per heavy atom. The van der Waals surface area contributed by atoms with E-state index in [4.69, 9.17) is 11.5 Å². The molecular formula is C15H17N3O2. The van der Waals surface area contributed by atoms with Gasteiger partial charge in [0.25, 0.3) is 5.91 Å². The molecule has 5 heteroatoms. The molecule has 5 nitrogen and oxygen atoms in total. The van der Waals surface area contributed by atoms with Gasteiger partial charge in [-0.25, -0.2) is 0 Å². The minimum atomic E-state index is -0.451. The van der Waals surface area contributed by atoms with Crippen molar-refractivity contribution in [3.05, 3.63) is 35.0 Å². The lowest BCUT2D eigenvalue weighted by Gasteiger charge is -2.26. The van der Waals surface area contributed by atoms with E-state index in [9.17, 15) is 9.59 Å². The second-order valence-electron chi connectivity index (χ2n) is 5.45. The lowest BCUT2D eigenvalue weighted by molar-refractivity contribution is -0.122. The molecule has 1 aromatic carbocycles. The minimum absolute atomic E-state index is 0.0318. The Morgan fingerprint density at radius 1 is 1.30 bits per heavy atom. The molecule has 1 aliphatic carbocycles. The van der Waals surface area contributed by atoms with Crippen LogP contribution < -0.4 is 11.5 Å². The van der Waals surface area contributed by atoms with Gasteiger partial charge in [-0.3, -0.25) is 9.59 Å². The van der Waals surface area contributed by atoms with Crippen LogP contribution in [-0.2, 0) is 11.2 Å². The van der Waals surface area contributed by atoms with Gasteiger partial charge in [0.05, 0.1) is 11.1 Å². The van der Waals surface area contributed by atoms with Crippen LogP contribution in [0.4, 0.5) is 0 Å². The van der Waals surface area contributed by atoms with Crippen LogP contribution in [0.3, 0.4) is 0 Å². The molecule has 1 heterocycles. The van der Waals surface area contributed by atoms with Gasteiger partial charge in [0.15, 0.2) is 0 Å². The van der Waals surface area contributed by atoms with Gasteiger partial charge in [-0.05, 0) is 24.5 Å². The van der Waals surface area contributed by atoms with E-state index in [0.29, 0.717) is 5.56 Å². The third kappa shape index (κ3) is 1.70. The maximum Gasteiger partial charge on any atom is 0.250 e. The quantitative estimate of drug-likeness (QED) is 0.769. The average Bonchev–Trinajstić information content (AvgIpc) is 2.78. The number of benzene rings is 1. The third-order valence-corrected chi connectivity index (χ3v) is 4.37. The fourth-order valence-corrected chi connectivity index (χ4v) is 3.30. The first kappa shape index (κ1) is 12.7. The summed E-state index contributed by atoms with van der Waals surface area (Å²) in [6.07, 6.45) is 1.53. The summed E-state index contributed by atoms with van der Waals surface area (Å²) in [4.78, 5) is 26.3. The number of primary amides is 2. The number of carbonyl (C=O) groups is 2. The highest BCUT2D eigenvalue weighted by molar-refractivity contribution is 6.06. The zero-order valence-electron chi connectivity index (χ0n) is 11.3. The summed E-state index contributed by atoms with van der Waals surface area (Å²) in [7, 11) is 0.